The van der Waals surface area contributed by atoms with E-state index in [1.807, 2.05) is 24.3 Å². The summed E-state index contributed by atoms with van der Waals surface area (Å²) in [5.41, 5.74) is 2.50. The molecule has 1 N–H and O–H groups in total. The summed E-state index contributed by atoms with van der Waals surface area (Å²) in [6.07, 6.45) is 1.03. The second-order valence-electron chi connectivity index (χ2n) is 5.27. The lowest BCUT2D eigenvalue weighted by atomic mass is 10.1. The van der Waals surface area contributed by atoms with Crippen molar-refractivity contribution in [2.45, 2.75) is 25.9 Å². The van der Waals surface area contributed by atoms with Crippen LogP contribution >= 0.6 is 0 Å². The lowest BCUT2D eigenvalue weighted by Crippen LogP contribution is -2.21. The van der Waals surface area contributed by atoms with Crippen LogP contribution in [0.5, 0.6) is 11.5 Å². The smallest absolute Gasteiger partial charge is 0.124 e. The second kappa shape index (κ2) is 6.64. The Kier molecular flexibility index (Phi) is 4.41. The largest absolute Gasteiger partial charge is 0.494 e. The molecular formula is C18H21NO2. The number of benzene rings is 2. The Bertz CT molecular complexity index is 580. The third kappa shape index (κ3) is 3.37. The molecule has 1 heterocycles. The van der Waals surface area contributed by atoms with E-state index >= 15 is 0 Å². The molecule has 1 aliphatic rings. The zero-order valence-electron chi connectivity index (χ0n) is 12.3. The summed E-state index contributed by atoms with van der Waals surface area (Å²) in [6, 6.07) is 16.8. The van der Waals surface area contributed by atoms with Crippen molar-refractivity contribution in [1.29, 1.82) is 0 Å². The van der Waals surface area contributed by atoms with E-state index in [4.69, 9.17) is 9.47 Å². The molecule has 110 valence electrons. The number of rotatable bonds is 6. The van der Waals surface area contributed by atoms with Crippen LogP contribution < -0.4 is 14.8 Å². The van der Waals surface area contributed by atoms with Gasteiger partial charge in [-0.3, -0.25) is 0 Å². The molecule has 1 unspecified atom stereocenters. The Balaban J connectivity index is 1.56. The van der Waals surface area contributed by atoms with Crippen molar-refractivity contribution < 1.29 is 9.47 Å². The average molecular weight is 283 g/mol. The third-order valence-corrected chi connectivity index (χ3v) is 3.65. The maximum atomic E-state index is 5.68. The van der Waals surface area contributed by atoms with Crippen LogP contribution in [0.4, 0.5) is 0 Å². The van der Waals surface area contributed by atoms with Crippen LogP contribution in [0, 0.1) is 0 Å². The fourth-order valence-electron chi connectivity index (χ4n) is 2.50. The van der Waals surface area contributed by atoms with Gasteiger partial charge in [-0.25, -0.2) is 0 Å². The standard InChI is InChI=1S/C18H21NO2/c1-2-11-20-15-9-7-14(8-10-15)12-19-17-13-21-18-6-4-3-5-16(17)18/h3-10,17,19H,2,11-13H2,1H3. The minimum absolute atomic E-state index is 0.275. The van der Waals surface area contributed by atoms with Gasteiger partial charge in [0.1, 0.15) is 18.1 Å². The van der Waals surface area contributed by atoms with Crippen LogP contribution in [0.3, 0.4) is 0 Å². The summed E-state index contributed by atoms with van der Waals surface area (Å²) in [5.74, 6) is 1.94. The van der Waals surface area contributed by atoms with E-state index in [1.54, 1.807) is 0 Å². The van der Waals surface area contributed by atoms with E-state index in [2.05, 4.69) is 36.5 Å². The van der Waals surface area contributed by atoms with Crippen LogP contribution in [0.15, 0.2) is 48.5 Å². The minimum Gasteiger partial charge on any atom is -0.494 e. The van der Waals surface area contributed by atoms with E-state index in [0.717, 1.165) is 31.1 Å². The van der Waals surface area contributed by atoms with E-state index in [9.17, 15) is 0 Å². The van der Waals surface area contributed by atoms with Crippen LogP contribution in [-0.4, -0.2) is 13.2 Å². The van der Waals surface area contributed by atoms with Crippen molar-refractivity contribution in [2.75, 3.05) is 13.2 Å². The molecule has 0 bridgehead atoms. The summed E-state index contributed by atoms with van der Waals surface area (Å²) < 4.78 is 11.3. The molecule has 21 heavy (non-hydrogen) atoms. The monoisotopic (exact) mass is 283 g/mol. The Morgan fingerprint density at radius 2 is 1.95 bits per heavy atom. The molecule has 0 radical (unpaired) electrons. The molecule has 0 amide bonds. The molecule has 3 rings (SSSR count). The predicted octanol–water partition coefficient (Wildman–Crippen LogP) is 3.70. The Labute approximate surface area is 125 Å². The molecule has 0 spiro atoms. The quantitative estimate of drug-likeness (QED) is 0.877. The SMILES string of the molecule is CCCOc1ccc(CNC2COc3ccccc32)cc1. The minimum atomic E-state index is 0.275. The van der Waals surface area contributed by atoms with Gasteiger partial charge in [-0.05, 0) is 30.2 Å². The highest BCUT2D eigenvalue weighted by Gasteiger charge is 2.22. The van der Waals surface area contributed by atoms with Gasteiger partial charge in [0.2, 0.25) is 0 Å². The number of hydrogen-bond acceptors (Lipinski definition) is 3. The Morgan fingerprint density at radius 1 is 1.14 bits per heavy atom. The third-order valence-electron chi connectivity index (χ3n) is 3.65. The fraction of sp³-hybridized carbons (Fsp3) is 0.333. The van der Waals surface area contributed by atoms with Crippen LogP contribution in [0.25, 0.3) is 0 Å². The molecule has 1 atom stereocenters. The topological polar surface area (TPSA) is 30.5 Å². The van der Waals surface area contributed by atoms with Gasteiger partial charge in [-0.1, -0.05) is 37.3 Å². The Morgan fingerprint density at radius 3 is 2.76 bits per heavy atom. The molecule has 3 nitrogen and oxygen atoms in total. The first-order valence-electron chi connectivity index (χ1n) is 7.53. The normalized spacial score (nSPS) is 16.3. The summed E-state index contributed by atoms with van der Waals surface area (Å²) in [6.45, 7) is 4.42. The number of ether oxygens (including phenoxy) is 2. The first kappa shape index (κ1) is 14.0. The molecule has 1 aliphatic heterocycles. The van der Waals surface area contributed by atoms with Crippen molar-refractivity contribution in [2.24, 2.45) is 0 Å². The molecule has 2 aromatic rings. The van der Waals surface area contributed by atoms with Crippen LogP contribution in [0.1, 0.15) is 30.5 Å². The fourth-order valence-corrected chi connectivity index (χ4v) is 2.50. The number of fused-ring (bicyclic) bond motifs is 1. The van der Waals surface area contributed by atoms with Gasteiger partial charge in [-0.2, -0.15) is 0 Å². The van der Waals surface area contributed by atoms with Gasteiger partial charge in [0, 0.05) is 12.1 Å². The first-order valence-corrected chi connectivity index (χ1v) is 7.53. The summed E-state index contributed by atoms with van der Waals surface area (Å²) >= 11 is 0. The number of para-hydroxylation sites is 1. The predicted molar refractivity (Wildman–Crippen MR) is 83.7 cm³/mol. The van der Waals surface area contributed by atoms with Crippen molar-refractivity contribution in [3.05, 3.63) is 59.7 Å². The highest BCUT2D eigenvalue weighted by atomic mass is 16.5. The molecular weight excluding hydrogens is 262 g/mol. The molecule has 2 aromatic carbocycles. The van der Waals surface area contributed by atoms with Gasteiger partial charge < -0.3 is 14.8 Å². The highest BCUT2D eigenvalue weighted by Crippen LogP contribution is 2.31. The highest BCUT2D eigenvalue weighted by molar-refractivity contribution is 5.39. The van der Waals surface area contributed by atoms with Gasteiger partial charge in [0.25, 0.3) is 0 Å². The second-order valence-corrected chi connectivity index (χ2v) is 5.27. The zero-order valence-corrected chi connectivity index (χ0v) is 12.3. The van der Waals surface area contributed by atoms with Crippen LogP contribution in [0.2, 0.25) is 0 Å². The van der Waals surface area contributed by atoms with E-state index in [0.29, 0.717) is 6.61 Å². The molecule has 0 fully saturated rings. The van der Waals surface area contributed by atoms with Crippen molar-refractivity contribution in [3.8, 4) is 11.5 Å². The lowest BCUT2D eigenvalue weighted by Gasteiger charge is -2.12. The summed E-state index contributed by atoms with van der Waals surface area (Å²) in [7, 11) is 0. The molecule has 0 aromatic heterocycles. The number of hydrogen-bond donors (Lipinski definition) is 1. The molecule has 0 aliphatic carbocycles. The first-order chi connectivity index (χ1) is 10.4. The molecule has 3 heteroatoms. The van der Waals surface area contributed by atoms with Gasteiger partial charge in [0.15, 0.2) is 0 Å². The van der Waals surface area contributed by atoms with Gasteiger partial charge in [-0.15, -0.1) is 0 Å². The maximum absolute atomic E-state index is 5.68. The van der Waals surface area contributed by atoms with E-state index in [-0.39, 0.29) is 6.04 Å². The van der Waals surface area contributed by atoms with Gasteiger partial charge in [0.05, 0.1) is 12.6 Å². The summed E-state index contributed by atoms with van der Waals surface area (Å²) in [5, 5.41) is 3.55. The van der Waals surface area contributed by atoms with Crippen molar-refractivity contribution in [1.82, 2.24) is 5.32 Å². The Hall–Kier alpha value is -2.00. The molecule has 0 saturated carbocycles. The van der Waals surface area contributed by atoms with E-state index < -0.39 is 0 Å². The number of nitrogens with one attached hydrogen (secondary N) is 1. The molecule has 0 saturated heterocycles. The zero-order chi connectivity index (χ0) is 14.5. The van der Waals surface area contributed by atoms with E-state index in [1.165, 1.54) is 11.1 Å². The van der Waals surface area contributed by atoms with Crippen LogP contribution in [-0.2, 0) is 6.54 Å². The van der Waals surface area contributed by atoms with Crippen molar-refractivity contribution >= 4 is 0 Å². The lowest BCUT2D eigenvalue weighted by molar-refractivity contribution is 0.310. The average Bonchev–Trinajstić information content (AvgIpc) is 2.95. The summed E-state index contributed by atoms with van der Waals surface area (Å²) in [4.78, 5) is 0. The van der Waals surface area contributed by atoms with Gasteiger partial charge >= 0.3 is 0 Å². The maximum Gasteiger partial charge on any atom is 0.124 e. The van der Waals surface area contributed by atoms with Crippen molar-refractivity contribution in [3.63, 3.8) is 0 Å².